The van der Waals surface area contributed by atoms with Gasteiger partial charge in [0, 0.05) is 51.4 Å². The van der Waals surface area contributed by atoms with Crippen LogP contribution >= 0.6 is 0 Å². The van der Waals surface area contributed by atoms with Crippen molar-refractivity contribution in [2.75, 3.05) is 18.6 Å². The van der Waals surface area contributed by atoms with E-state index >= 15 is 0 Å². The van der Waals surface area contributed by atoms with E-state index in [1.807, 2.05) is 0 Å². The summed E-state index contributed by atoms with van der Waals surface area (Å²) in [5.41, 5.74) is 1.31. The monoisotopic (exact) mass is 478 g/mol. The number of fused-ring (bicyclic) bond motifs is 3. The molecule has 0 saturated heterocycles. The van der Waals surface area contributed by atoms with Crippen LogP contribution in [0.15, 0.2) is 48.7 Å². The van der Waals surface area contributed by atoms with Crippen molar-refractivity contribution in [2.45, 2.75) is 12.6 Å². The number of hydrogen-bond donors (Lipinski definition) is 1. The summed E-state index contributed by atoms with van der Waals surface area (Å²) in [7, 11) is -0.903. The zero-order valence-electron chi connectivity index (χ0n) is 17.8. The fourth-order valence-corrected chi connectivity index (χ4v) is 4.33. The molecule has 1 N–H and O–H groups in total. The highest BCUT2D eigenvalue weighted by Crippen LogP contribution is 2.34. The molecule has 1 unspecified atom stereocenters. The summed E-state index contributed by atoms with van der Waals surface area (Å²) in [4.78, 5) is 12.5. The van der Waals surface area contributed by atoms with E-state index in [4.69, 9.17) is 9.52 Å². The van der Waals surface area contributed by atoms with Crippen molar-refractivity contribution in [3.8, 4) is 5.69 Å². The van der Waals surface area contributed by atoms with Gasteiger partial charge in [-0.1, -0.05) is 0 Å². The minimum Gasteiger partial charge on any atom is -0.462 e. The molecule has 4 aromatic rings. The highest BCUT2D eigenvalue weighted by atomic mass is 32.2. The topological polar surface area (TPSA) is 90.0 Å². The lowest BCUT2D eigenvalue weighted by atomic mass is 10.1. The number of esters is 1. The molecule has 0 aliphatic heterocycles. The Morgan fingerprint density at radius 3 is 2.48 bits per heavy atom. The van der Waals surface area contributed by atoms with Gasteiger partial charge < -0.3 is 4.74 Å². The predicted octanol–water partition coefficient (Wildman–Crippen LogP) is 4.76. The van der Waals surface area contributed by atoms with Gasteiger partial charge in [0.15, 0.2) is 5.65 Å². The third-order valence-corrected chi connectivity index (χ3v) is 6.22. The van der Waals surface area contributed by atoms with E-state index in [9.17, 15) is 22.2 Å². The van der Waals surface area contributed by atoms with Gasteiger partial charge in [-0.25, -0.2) is 4.79 Å². The summed E-state index contributed by atoms with van der Waals surface area (Å²) in [5, 5.41) is 5.89. The molecule has 0 radical (unpaired) electrons. The Morgan fingerprint density at radius 1 is 1.15 bits per heavy atom. The van der Waals surface area contributed by atoms with E-state index in [0.29, 0.717) is 34.2 Å². The molecule has 0 fully saturated rings. The first-order valence-electron chi connectivity index (χ1n) is 9.98. The van der Waals surface area contributed by atoms with Crippen LogP contribution in [0, 0.1) is 4.78 Å². The van der Waals surface area contributed by atoms with E-state index in [2.05, 4.69) is 5.10 Å². The summed E-state index contributed by atoms with van der Waals surface area (Å²) in [6, 6.07) is 9.76. The number of benzene rings is 2. The summed E-state index contributed by atoms with van der Waals surface area (Å²) in [6.45, 7) is 0.0510. The molecule has 0 aliphatic rings. The van der Waals surface area contributed by atoms with E-state index in [0.717, 1.165) is 17.5 Å². The number of aryl methyl sites for hydroxylation is 1. The van der Waals surface area contributed by atoms with Crippen molar-refractivity contribution >= 4 is 37.6 Å². The molecule has 0 saturated carbocycles. The van der Waals surface area contributed by atoms with Gasteiger partial charge in [0.2, 0.25) is 0 Å². The van der Waals surface area contributed by atoms with Crippen LogP contribution < -0.4 is 0 Å². The number of halogens is 3. The Morgan fingerprint density at radius 2 is 1.85 bits per heavy atom. The molecular weight excluding hydrogens is 457 g/mol. The lowest BCUT2D eigenvalue weighted by Crippen LogP contribution is -2.10. The minimum absolute atomic E-state index is 0.0510. The van der Waals surface area contributed by atoms with Gasteiger partial charge in [0.1, 0.15) is 0 Å². The van der Waals surface area contributed by atoms with E-state index < -0.39 is 27.4 Å². The Labute approximate surface area is 187 Å². The van der Waals surface area contributed by atoms with Crippen LogP contribution in [0.5, 0.6) is 0 Å². The van der Waals surface area contributed by atoms with Crippen LogP contribution in [0.2, 0.25) is 0 Å². The smallest absolute Gasteiger partial charge is 0.416 e. The fraction of sp³-hybridized carbons (Fsp3) is 0.273. The highest BCUT2D eigenvalue weighted by molar-refractivity contribution is 7.91. The number of nitrogens with zero attached hydrogens (tertiary/aromatic N) is 3. The Balaban J connectivity index is 1.70. The molecule has 4 rings (SSSR count). The lowest BCUT2D eigenvalue weighted by Gasteiger charge is -2.10. The van der Waals surface area contributed by atoms with Gasteiger partial charge in [-0.15, -0.1) is 0 Å². The second kappa shape index (κ2) is 8.22. The van der Waals surface area contributed by atoms with Crippen molar-refractivity contribution in [3.63, 3.8) is 0 Å². The Kier molecular flexibility index (Phi) is 5.69. The van der Waals surface area contributed by atoms with E-state index in [-0.39, 0.29) is 12.4 Å². The molecule has 0 spiro atoms. The van der Waals surface area contributed by atoms with Crippen molar-refractivity contribution in [1.82, 2.24) is 14.3 Å². The van der Waals surface area contributed by atoms with Crippen molar-refractivity contribution in [2.24, 2.45) is 7.05 Å². The maximum Gasteiger partial charge on any atom is 0.416 e. The van der Waals surface area contributed by atoms with E-state index in [1.165, 1.54) is 18.4 Å². The largest absolute Gasteiger partial charge is 0.462 e. The average molecular weight is 478 g/mol. The number of carbonyl (C=O) groups is 1. The third-order valence-electron chi connectivity index (χ3n) is 5.15. The van der Waals surface area contributed by atoms with Crippen LogP contribution in [0.4, 0.5) is 13.2 Å². The van der Waals surface area contributed by atoms with Gasteiger partial charge >= 0.3 is 12.1 Å². The van der Waals surface area contributed by atoms with Crippen molar-refractivity contribution in [3.05, 3.63) is 59.8 Å². The molecule has 174 valence electrons. The lowest BCUT2D eigenvalue weighted by molar-refractivity contribution is -0.137. The summed E-state index contributed by atoms with van der Waals surface area (Å²) < 4.78 is 66.3. The van der Waals surface area contributed by atoms with Gasteiger partial charge in [-0.3, -0.25) is 18.2 Å². The molecule has 33 heavy (non-hydrogen) atoms. The van der Waals surface area contributed by atoms with Crippen molar-refractivity contribution in [1.29, 1.82) is 4.78 Å². The first-order valence-corrected chi connectivity index (χ1v) is 12.1. The third kappa shape index (κ3) is 4.72. The van der Waals surface area contributed by atoms with E-state index in [1.54, 1.807) is 40.7 Å². The predicted molar refractivity (Wildman–Crippen MR) is 119 cm³/mol. The first kappa shape index (κ1) is 22.8. The molecule has 0 aliphatic carbocycles. The standard InChI is InChI=1S/C22H21F3N4O3S/c1-28-13-18-17-12-14(21(30)32-10-3-11-33(2,26)31)4-9-19(17)29(20(18)27-28)16-7-5-15(6-8-16)22(23,24)25/h4-9,12-13,26H,3,10-11H2,1-2H3. The SMILES string of the molecule is Cn1cc2c3cc(C(=O)OCCCS(C)(=N)=O)ccc3n(-c3ccc(C(F)(F)F)cc3)c2n1. The summed E-state index contributed by atoms with van der Waals surface area (Å²) in [6.07, 6.45) is -0.992. The number of rotatable bonds is 6. The molecular formula is C22H21F3N4O3S. The number of ether oxygens (including phenoxy) is 1. The second-order valence-corrected chi connectivity index (χ2v) is 10.3. The molecule has 0 bridgehead atoms. The first-order chi connectivity index (χ1) is 15.4. The fourth-order valence-electron chi connectivity index (χ4n) is 3.66. The maximum absolute atomic E-state index is 13.0. The zero-order valence-corrected chi connectivity index (χ0v) is 18.7. The van der Waals surface area contributed by atoms with Gasteiger partial charge in [-0.05, 0) is 48.9 Å². The average Bonchev–Trinajstić information content (AvgIpc) is 3.24. The van der Waals surface area contributed by atoms with Crippen molar-refractivity contribution < 1.29 is 26.9 Å². The van der Waals surface area contributed by atoms with Crippen LogP contribution in [0.3, 0.4) is 0 Å². The number of nitrogens with one attached hydrogen (secondary N) is 1. The molecule has 2 heterocycles. The maximum atomic E-state index is 13.0. The normalized spacial score (nSPS) is 14.0. The molecule has 2 aromatic heterocycles. The minimum atomic E-state index is -4.43. The van der Waals surface area contributed by atoms with Crippen LogP contribution in [-0.2, 0) is 27.7 Å². The Hall–Kier alpha value is -3.34. The van der Waals surface area contributed by atoms with Gasteiger partial charge in [-0.2, -0.15) is 18.3 Å². The quantitative estimate of drug-likeness (QED) is 0.320. The summed E-state index contributed by atoms with van der Waals surface area (Å²) >= 11 is 0. The number of carbonyl (C=O) groups excluding carboxylic acids is 1. The van der Waals surface area contributed by atoms with Gasteiger partial charge in [0.25, 0.3) is 0 Å². The van der Waals surface area contributed by atoms with Crippen LogP contribution in [0.1, 0.15) is 22.3 Å². The van der Waals surface area contributed by atoms with Gasteiger partial charge in [0.05, 0.1) is 23.3 Å². The Bertz CT molecular complexity index is 1450. The highest BCUT2D eigenvalue weighted by Gasteiger charge is 2.30. The number of hydrogen-bond acceptors (Lipinski definition) is 5. The molecule has 2 aromatic carbocycles. The number of alkyl halides is 3. The number of aromatic nitrogens is 3. The molecule has 0 amide bonds. The van der Waals surface area contributed by atoms with Crippen LogP contribution in [0.25, 0.3) is 27.6 Å². The summed E-state index contributed by atoms with van der Waals surface area (Å²) in [5.74, 6) is -0.408. The molecule has 1 atom stereocenters. The van der Waals surface area contributed by atoms with Crippen LogP contribution in [-0.4, -0.2) is 43.1 Å². The second-order valence-electron chi connectivity index (χ2n) is 7.85. The molecule has 11 heteroatoms. The zero-order chi connectivity index (χ0) is 24.0. The molecule has 7 nitrogen and oxygen atoms in total.